The van der Waals surface area contributed by atoms with E-state index >= 15 is 0 Å². The molecule has 0 unspecified atom stereocenters. The Labute approximate surface area is 143 Å². The number of rotatable bonds is 2. The van der Waals surface area contributed by atoms with E-state index in [0.717, 1.165) is 27.7 Å². The van der Waals surface area contributed by atoms with Crippen molar-refractivity contribution in [3.63, 3.8) is 0 Å². The first-order chi connectivity index (χ1) is 11.1. The summed E-state index contributed by atoms with van der Waals surface area (Å²) in [6.45, 7) is 2.10. The maximum absolute atomic E-state index is 13.1. The number of benzene rings is 1. The number of nitrogen functional groups attached to an aromatic ring is 1. The van der Waals surface area contributed by atoms with E-state index in [-0.39, 0.29) is 20.3 Å². The van der Waals surface area contributed by atoms with E-state index in [0.29, 0.717) is 16.2 Å². The molecule has 1 aromatic carbocycles. The third-order valence-corrected chi connectivity index (χ3v) is 6.57. The van der Waals surface area contributed by atoms with Crippen LogP contribution in [0.1, 0.15) is 12.8 Å². The Morgan fingerprint density at radius 3 is 2.52 bits per heavy atom. The van der Waals surface area contributed by atoms with Gasteiger partial charge in [-0.05, 0) is 0 Å². The van der Waals surface area contributed by atoms with E-state index < -0.39 is 0 Å². The maximum atomic E-state index is 13.1. The second-order valence-electron chi connectivity index (χ2n) is 5.43. The van der Waals surface area contributed by atoms with Gasteiger partial charge in [-0.25, -0.2) is 0 Å². The quantitative estimate of drug-likeness (QED) is 0.535. The second-order valence-corrected chi connectivity index (χ2v) is 7.85. The molecule has 0 aliphatic carbocycles. The van der Waals surface area contributed by atoms with Gasteiger partial charge in [0.2, 0.25) is 0 Å². The van der Waals surface area contributed by atoms with E-state index in [9.17, 15) is 4.39 Å². The second kappa shape index (κ2) is 5.70. The number of halogens is 1. The molecule has 118 valence electrons. The first-order valence-electron chi connectivity index (χ1n) is 7.33. The molecule has 3 aromatic rings. The summed E-state index contributed by atoms with van der Waals surface area (Å²) in [5.74, 6) is 0.265. The van der Waals surface area contributed by atoms with Crippen molar-refractivity contribution in [2.24, 2.45) is 0 Å². The molecule has 0 radical (unpaired) electrons. The summed E-state index contributed by atoms with van der Waals surface area (Å²) < 4.78 is 17.2. The number of fused-ring (bicyclic) bond motifs is 1. The van der Waals surface area contributed by atoms with Crippen molar-refractivity contribution >= 4 is 47.1 Å². The van der Waals surface area contributed by atoms with Gasteiger partial charge in [-0.1, -0.05) is 0 Å². The van der Waals surface area contributed by atoms with Crippen molar-refractivity contribution in [2.45, 2.75) is 12.8 Å². The van der Waals surface area contributed by atoms with Crippen LogP contribution >= 0.6 is 12.2 Å². The number of nitrogens with two attached hydrogens (primary N) is 1. The van der Waals surface area contributed by atoms with Gasteiger partial charge in [0.1, 0.15) is 0 Å². The number of anilines is 2. The molecule has 0 saturated carbocycles. The summed E-state index contributed by atoms with van der Waals surface area (Å²) in [5.41, 5.74) is 7.72. The third kappa shape index (κ3) is 2.56. The van der Waals surface area contributed by atoms with Crippen LogP contribution in [0.3, 0.4) is 0 Å². The van der Waals surface area contributed by atoms with Crippen LogP contribution in [-0.2, 0) is 0 Å². The summed E-state index contributed by atoms with van der Waals surface area (Å²) in [5, 5.41) is 0. The number of hydrogen-bond donors (Lipinski definition) is 1. The molecule has 2 aromatic heterocycles. The van der Waals surface area contributed by atoms with Crippen molar-refractivity contribution in [1.29, 1.82) is 0 Å². The molecule has 0 bridgehead atoms. The fourth-order valence-corrected chi connectivity index (χ4v) is 5.17. The predicted molar refractivity (Wildman–Crippen MR) is 92.5 cm³/mol. The normalized spacial score (nSPS) is 14.7. The van der Waals surface area contributed by atoms with Gasteiger partial charge in [0, 0.05) is 0 Å². The Bertz CT molecular complexity index is 927. The molecule has 1 fully saturated rings. The van der Waals surface area contributed by atoms with Crippen LogP contribution in [0.2, 0.25) is 0 Å². The number of hydrogen-bond acceptors (Lipinski definition) is 5. The molecule has 0 atom stereocenters. The average molecular weight is 394 g/mol. The van der Waals surface area contributed by atoms with Crippen LogP contribution in [0.5, 0.6) is 0 Å². The first-order valence-corrected chi connectivity index (χ1v) is 9.45. The van der Waals surface area contributed by atoms with E-state index in [1.54, 1.807) is 16.7 Å². The van der Waals surface area contributed by atoms with Gasteiger partial charge >= 0.3 is 143 Å². The first kappa shape index (κ1) is 14.8. The topological polar surface area (TPSA) is 60.0 Å². The van der Waals surface area contributed by atoms with Gasteiger partial charge in [0.25, 0.3) is 0 Å². The standard InChI is InChI=1S/C15H14FN5SSe/c16-9-3-5-10(6-4-9)21-12(17)11-13(18-14(21)22)19-15(23-11)20-7-1-2-8-20/h3-6H,1-2,7-8,17H2. The van der Waals surface area contributed by atoms with Gasteiger partial charge in [-0.15, -0.1) is 0 Å². The average Bonchev–Trinajstić information content (AvgIpc) is 3.17. The molecule has 1 aliphatic rings. The Hall–Kier alpha value is -1.76. The van der Waals surface area contributed by atoms with Crippen LogP contribution < -0.4 is 10.6 Å². The predicted octanol–water partition coefficient (Wildman–Crippen LogP) is 2.53. The minimum absolute atomic E-state index is 0.0293. The summed E-state index contributed by atoms with van der Waals surface area (Å²) in [7, 11) is 0. The zero-order valence-electron chi connectivity index (χ0n) is 12.2. The van der Waals surface area contributed by atoms with Crippen molar-refractivity contribution in [3.05, 3.63) is 34.9 Å². The van der Waals surface area contributed by atoms with Crippen LogP contribution in [0, 0.1) is 10.6 Å². The Morgan fingerprint density at radius 1 is 1.13 bits per heavy atom. The van der Waals surface area contributed by atoms with Crippen LogP contribution in [-0.4, -0.2) is 42.1 Å². The van der Waals surface area contributed by atoms with Crippen molar-refractivity contribution in [3.8, 4) is 5.69 Å². The summed E-state index contributed by atoms with van der Waals surface area (Å²) >= 11 is 5.40. The molecule has 2 N–H and O–H groups in total. The zero-order chi connectivity index (χ0) is 16.0. The molecule has 1 saturated heterocycles. The van der Waals surface area contributed by atoms with E-state index in [1.807, 2.05) is 0 Å². The summed E-state index contributed by atoms with van der Waals surface area (Å²) in [4.78, 5) is 11.4. The fourth-order valence-electron chi connectivity index (χ4n) is 2.77. The Balaban J connectivity index is 1.88. The monoisotopic (exact) mass is 395 g/mol. The van der Waals surface area contributed by atoms with Gasteiger partial charge in [0.15, 0.2) is 0 Å². The van der Waals surface area contributed by atoms with Gasteiger partial charge in [-0.2, -0.15) is 0 Å². The number of aromatic nitrogens is 3. The van der Waals surface area contributed by atoms with E-state index in [1.165, 1.54) is 25.0 Å². The van der Waals surface area contributed by atoms with Crippen LogP contribution in [0.15, 0.2) is 24.3 Å². The SMILES string of the molecule is Nc1c2[se]c(N3CCCC3)nc2nc(=S)n1-c1ccc(F)cc1. The Kier molecular flexibility index (Phi) is 3.67. The molecule has 23 heavy (non-hydrogen) atoms. The molecule has 0 spiro atoms. The Morgan fingerprint density at radius 2 is 1.83 bits per heavy atom. The third-order valence-electron chi connectivity index (χ3n) is 3.93. The fraction of sp³-hybridized carbons (Fsp3) is 0.267. The van der Waals surface area contributed by atoms with Crippen molar-refractivity contribution in [2.75, 3.05) is 23.7 Å². The summed E-state index contributed by atoms with van der Waals surface area (Å²) in [6.07, 6.45) is 2.41. The zero-order valence-corrected chi connectivity index (χ0v) is 14.7. The van der Waals surface area contributed by atoms with Crippen LogP contribution in [0.4, 0.5) is 14.9 Å². The van der Waals surface area contributed by atoms with Crippen molar-refractivity contribution in [1.82, 2.24) is 14.5 Å². The van der Waals surface area contributed by atoms with Crippen LogP contribution in [0.25, 0.3) is 15.6 Å². The molecule has 8 heteroatoms. The molecular weight excluding hydrogens is 380 g/mol. The van der Waals surface area contributed by atoms with Crippen molar-refractivity contribution < 1.29 is 4.39 Å². The minimum atomic E-state index is -0.295. The van der Waals surface area contributed by atoms with Gasteiger partial charge in [-0.3, -0.25) is 0 Å². The van der Waals surface area contributed by atoms with Gasteiger partial charge in [0.05, 0.1) is 0 Å². The molecule has 5 nitrogen and oxygen atoms in total. The summed E-state index contributed by atoms with van der Waals surface area (Å²) in [6, 6.07) is 6.08. The molecular formula is C15H14FN5SSe. The van der Waals surface area contributed by atoms with Gasteiger partial charge < -0.3 is 0 Å². The molecule has 4 rings (SSSR count). The van der Waals surface area contributed by atoms with E-state index in [2.05, 4.69) is 14.9 Å². The number of nitrogens with zero attached hydrogens (tertiary/aromatic N) is 4. The van der Waals surface area contributed by atoms with E-state index in [4.69, 9.17) is 18.0 Å². The molecule has 1 aliphatic heterocycles. The molecule has 0 amide bonds. The molecule has 3 heterocycles.